The first-order valence-electron chi connectivity index (χ1n) is 9.71. The summed E-state index contributed by atoms with van der Waals surface area (Å²) in [5.74, 6) is 0. The molecule has 1 N–H and O–H groups in total. The predicted octanol–water partition coefficient (Wildman–Crippen LogP) is 4.77. The Morgan fingerprint density at radius 2 is 1.96 bits per heavy atom. The molecule has 4 rings (SSSR count). The largest absolute Gasteiger partial charge is 0.377 e. The van der Waals surface area contributed by atoms with Gasteiger partial charge in [0.15, 0.2) is 0 Å². The summed E-state index contributed by atoms with van der Waals surface area (Å²) in [6.45, 7) is 6.79. The number of nitriles is 1. The van der Waals surface area contributed by atoms with E-state index in [1.165, 1.54) is 5.69 Å². The Hall–Kier alpha value is -3.10. The molecule has 142 valence electrons. The van der Waals surface area contributed by atoms with Crippen LogP contribution in [0.4, 0.5) is 17.1 Å². The van der Waals surface area contributed by atoms with Gasteiger partial charge < -0.3 is 15.0 Å². The van der Waals surface area contributed by atoms with Crippen molar-refractivity contribution >= 4 is 28.0 Å². The van der Waals surface area contributed by atoms with E-state index in [-0.39, 0.29) is 0 Å². The van der Waals surface area contributed by atoms with Crippen molar-refractivity contribution in [2.75, 3.05) is 29.9 Å². The molecule has 0 aliphatic carbocycles. The third-order valence-corrected chi connectivity index (χ3v) is 5.11. The van der Waals surface area contributed by atoms with Crippen LogP contribution >= 0.6 is 0 Å². The molecule has 1 aromatic heterocycles. The summed E-state index contributed by atoms with van der Waals surface area (Å²) in [6, 6.07) is 18.1. The number of benzene rings is 2. The number of rotatable bonds is 5. The summed E-state index contributed by atoms with van der Waals surface area (Å²) in [7, 11) is 0. The predicted molar refractivity (Wildman–Crippen MR) is 113 cm³/mol. The van der Waals surface area contributed by atoms with Crippen LogP contribution in [0.5, 0.6) is 0 Å². The Balaban J connectivity index is 1.62. The van der Waals surface area contributed by atoms with Crippen LogP contribution in [-0.2, 0) is 4.74 Å². The number of nitrogens with one attached hydrogen (secondary N) is 1. The summed E-state index contributed by atoms with van der Waals surface area (Å²) in [5.41, 5.74) is 5.81. The lowest BCUT2D eigenvalue weighted by Crippen LogP contribution is -2.23. The first kappa shape index (κ1) is 18.3. The van der Waals surface area contributed by atoms with Gasteiger partial charge in [-0.25, -0.2) is 0 Å². The van der Waals surface area contributed by atoms with Gasteiger partial charge in [-0.05, 0) is 68.8 Å². The van der Waals surface area contributed by atoms with Crippen molar-refractivity contribution in [2.45, 2.75) is 26.4 Å². The molecule has 0 unspecified atom stereocenters. The van der Waals surface area contributed by atoms with Crippen LogP contribution in [0, 0.1) is 18.3 Å². The van der Waals surface area contributed by atoms with E-state index in [4.69, 9.17) is 15.0 Å². The normalized spacial score (nSPS) is 16.3. The molecule has 0 radical (unpaired) electrons. The third kappa shape index (κ3) is 3.78. The van der Waals surface area contributed by atoms with E-state index < -0.39 is 0 Å². The van der Waals surface area contributed by atoms with E-state index in [1.807, 2.05) is 31.2 Å². The Labute approximate surface area is 165 Å². The van der Waals surface area contributed by atoms with Crippen LogP contribution in [0.3, 0.4) is 0 Å². The van der Waals surface area contributed by atoms with Crippen molar-refractivity contribution in [1.29, 1.82) is 5.26 Å². The number of pyridine rings is 1. The van der Waals surface area contributed by atoms with Gasteiger partial charge >= 0.3 is 0 Å². The molecule has 0 bridgehead atoms. The quantitative estimate of drug-likeness (QED) is 0.699. The van der Waals surface area contributed by atoms with Gasteiger partial charge in [-0.3, -0.25) is 4.98 Å². The molecule has 1 fully saturated rings. The molecule has 5 nitrogen and oxygen atoms in total. The highest BCUT2D eigenvalue weighted by atomic mass is 16.5. The van der Waals surface area contributed by atoms with Gasteiger partial charge in [-0.1, -0.05) is 0 Å². The Bertz CT molecular complexity index is 1020. The smallest absolute Gasteiger partial charge is 0.0991 e. The van der Waals surface area contributed by atoms with Gasteiger partial charge in [-0.15, -0.1) is 0 Å². The molecular weight excluding hydrogens is 348 g/mol. The maximum atomic E-state index is 8.93. The van der Waals surface area contributed by atoms with Crippen molar-refractivity contribution in [2.24, 2.45) is 0 Å². The van der Waals surface area contributed by atoms with Gasteiger partial charge in [0, 0.05) is 47.8 Å². The van der Waals surface area contributed by atoms with E-state index in [1.54, 1.807) is 0 Å². The second-order valence-corrected chi connectivity index (χ2v) is 7.14. The summed E-state index contributed by atoms with van der Waals surface area (Å²) < 4.78 is 5.81. The van der Waals surface area contributed by atoms with Crippen molar-refractivity contribution in [3.63, 3.8) is 0 Å². The minimum atomic E-state index is 0.311. The SMILES string of the molecule is CCO[C@H]1CCN(c2cc(C)nc3cc(Nc4ccc(C#N)cc4)ccc23)C1. The van der Waals surface area contributed by atoms with Crippen LogP contribution in [0.25, 0.3) is 10.9 Å². The summed E-state index contributed by atoms with van der Waals surface area (Å²) in [6.07, 6.45) is 1.38. The fourth-order valence-corrected chi connectivity index (χ4v) is 3.79. The molecule has 2 aromatic carbocycles. The lowest BCUT2D eigenvalue weighted by molar-refractivity contribution is 0.0788. The third-order valence-electron chi connectivity index (χ3n) is 5.11. The van der Waals surface area contributed by atoms with Gasteiger partial charge in [0.05, 0.1) is 23.3 Å². The lowest BCUT2D eigenvalue weighted by atomic mass is 10.1. The highest BCUT2D eigenvalue weighted by Gasteiger charge is 2.24. The Kier molecular flexibility index (Phi) is 5.14. The molecule has 0 spiro atoms. The minimum Gasteiger partial charge on any atom is -0.377 e. The zero-order valence-electron chi connectivity index (χ0n) is 16.3. The molecule has 5 heteroatoms. The molecule has 0 saturated carbocycles. The number of fused-ring (bicyclic) bond motifs is 1. The van der Waals surface area contributed by atoms with E-state index in [2.05, 4.69) is 47.5 Å². The number of anilines is 3. The van der Waals surface area contributed by atoms with Crippen molar-refractivity contribution < 1.29 is 4.74 Å². The van der Waals surface area contributed by atoms with Gasteiger partial charge in [0.2, 0.25) is 0 Å². The molecule has 3 aromatic rings. The fraction of sp³-hybridized carbons (Fsp3) is 0.304. The van der Waals surface area contributed by atoms with Gasteiger partial charge in [-0.2, -0.15) is 5.26 Å². The number of hydrogen-bond donors (Lipinski definition) is 1. The molecule has 1 aliphatic heterocycles. The number of aromatic nitrogens is 1. The molecule has 28 heavy (non-hydrogen) atoms. The standard InChI is InChI=1S/C23H24N4O/c1-3-28-20-10-11-27(15-20)23-12-16(2)25-22-13-19(8-9-21(22)23)26-18-6-4-17(14-24)5-7-18/h4-9,12-13,20,26H,3,10-11,15H2,1-2H3/t20-/m0/s1. The zero-order valence-corrected chi connectivity index (χ0v) is 16.3. The molecule has 0 amide bonds. The average Bonchev–Trinajstić information content (AvgIpc) is 3.16. The molecule has 1 atom stereocenters. The first-order valence-corrected chi connectivity index (χ1v) is 9.71. The molecular formula is C23H24N4O. The van der Waals surface area contributed by atoms with E-state index >= 15 is 0 Å². The topological polar surface area (TPSA) is 61.2 Å². The van der Waals surface area contributed by atoms with Crippen molar-refractivity contribution in [3.8, 4) is 6.07 Å². The van der Waals surface area contributed by atoms with E-state index in [0.29, 0.717) is 11.7 Å². The Morgan fingerprint density at radius 3 is 2.71 bits per heavy atom. The maximum absolute atomic E-state index is 8.93. The fourth-order valence-electron chi connectivity index (χ4n) is 3.79. The van der Waals surface area contributed by atoms with Crippen LogP contribution in [0.15, 0.2) is 48.5 Å². The second kappa shape index (κ2) is 7.87. The number of nitrogens with zero attached hydrogens (tertiary/aromatic N) is 3. The lowest BCUT2D eigenvalue weighted by Gasteiger charge is -2.21. The highest BCUT2D eigenvalue weighted by Crippen LogP contribution is 2.32. The Morgan fingerprint density at radius 1 is 1.18 bits per heavy atom. The van der Waals surface area contributed by atoms with E-state index in [0.717, 1.165) is 54.1 Å². The van der Waals surface area contributed by atoms with Crippen LogP contribution < -0.4 is 10.2 Å². The monoisotopic (exact) mass is 372 g/mol. The average molecular weight is 372 g/mol. The molecule has 1 saturated heterocycles. The highest BCUT2D eigenvalue weighted by molar-refractivity contribution is 5.94. The van der Waals surface area contributed by atoms with E-state index in [9.17, 15) is 0 Å². The van der Waals surface area contributed by atoms with Gasteiger partial charge in [0.1, 0.15) is 0 Å². The first-order chi connectivity index (χ1) is 13.7. The molecule has 1 aliphatic rings. The maximum Gasteiger partial charge on any atom is 0.0991 e. The van der Waals surface area contributed by atoms with Gasteiger partial charge in [0.25, 0.3) is 0 Å². The van der Waals surface area contributed by atoms with Crippen LogP contribution in [-0.4, -0.2) is 30.8 Å². The zero-order chi connectivity index (χ0) is 19.5. The minimum absolute atomic E-state index is 0.311. The van der Waals surface area contributed by atoms with Crippen molar-refractivity contribution in [3.05, 3.63) is 59.8 Å². The summed E-state index contributed by atoms with van der Waals surface area (Å²) in [5, 5.41) is 13.5. The number of aryl methyl sites for hydroxylation is 1. The number of ether oxygens (including phenoxy) is 1. The van der Waals surface area contributed by atoms with Crippen LogP contribution in [0.1, 0.15) is 24.6 Å². The van der Waals surface area contributed by atoms with Crippen LogP contribution in [0.2, 0.25) is 0 Å². The summed E-state index contributed by atoms with van der Waals surface area (Å²) in [4.78, 5) is 7.16. The number of hydrogen-bond acceptors (Lipinski definition) is 5. The molecule has 2 heterocycles. The second-order valence-electron chi connectivity index (χ2n) is 7.14. The van der Waals surface area contributed by atoms with Crippen molar-refractivity contribution in [1.82, 2.24) is 4.98 Å². The summed E-state index contributed by atoms with van der Waals surface area (Å²) >= 11 is 0.